The lowest BCUT2D eigenvalue weighted by molar-refractivity contribution is -0.160. The molecule has 51 heavy (non-hydrogen) atoms. The Hall–Kier alpha value is -0.120. The van der Waals surface area contributed by atoms with Crippen molar-refractivity contribution in [2.24, 2.45) is 27.1 Å². The average Bonchev–Trinajstić information content (AvgIpc) is 2.85. The second-order valence-corrected chi connectivity index (χ2v) is 22.9. The van der Waals surface area contributed by atoms with Crippen LogP contribution in [0.15, 0.2) is 0 Å². The first-order valence-corrected chi connectivity index (χ1v) is 21.5. The van der Waals surface area contributed by atoms with Gasteiger partial charge in [-0.2, -0.15) is 0 Å². The molecule has 0 spiro atoms. The van der Waals surface area contributed by atoms with Gasteiger partial charge in [0.05, 0.1) is 22.4 Å². The molecule has 0 aromatic rings. The summed E-state index contributed by atoms with van der Waals surface area (Å²) in [5.41, 5.74) is 0.537. The highest BCUT2D eigenvalue weighted by molar-refractivity contribution is 4.94. The van der Waals surface area contributed by atoms with Crippen molar-refractivity contribution in [3.63, 3.8) is 0 Å². The van der Waals surface area contributed by atoms with Crippen LogP contribution in [0.25, 0.3) is 0 Å². The van der Waals surface area contributed by atoms with E-state index in [-0.39, 0.29) is 49.6 Å². The topological polar surface area (TPSA) is 21.7 Å². The predicted molar refractivity (Wildman–Crippen MR) is 236 cm³/mol. The molecule has 0 radical (unpaired) electrons. The maximum Gasteiger partial charge on any atom is 0.0638 e. The Balaban J connectivity index is -0.00000174. The summed E-state index contributed by atoms with van der Waals surface area (Å²) in [4.78, 5) is 2.61. The molecule has 0 saturated heterocycles. The molecule has 0 fully saturated rings. The van der Waals surface area contributed by atoms with Crippen LogP contribution in [0.5, 0.6) is 0 Å². The van der Waals surface area contributed by atoms with Crippen LogP contribution in [0.2, 0.25) is 0 Å². The summed E-state index contributed by atoms with van der Waals surface area (Å²) in [6, 6.07) is 0. The number of rotatable bonds is 20. The first kappa shape index (κ1) is 57.6. The van der Waals surface area contributed by atoms with Gasteiger partial charge in [0, 0.05) is 12.1 Å². The maximum absolute atomic E-state index is 7.04. The zero-order valence-electron chi connectivity index (χ0n) is 41.6. The minimum atomic E-state index is -0.221. The normalized spacial score (nSPS) is 14.2. The molecule has 0 atom stereocenters. The molecule has 314 valence electrons. The highest BCUT2D eigenvalue weighted by Crippen LogP contribution is 2.44. The van der Waals surface area contributed by atoms with Crippen molar-refractivity contribution >= 4 is 0 Å². The Bertz CT molecular complexity index is 893. The molecule has 0 aromatic heterocycles. The quantitative estimate of drug-likeness (QED) is 0.125. The third-order valence-electron chi connectivity index (χ3n) is 9.80. The highest BCUT2D eigenvalue weighted by atomic mass is 16.5. The van der Waals surface area contributed by atoms with Crippen LogP contribution in [-0.2, 0) is 9.47 Å². The largest absolute Gasteiger partial charge is 0.370 e. The van der Waals surface area contributed by atoms with Crippen molar-refractivity contribution in [1.29, 1.82) is 0 Å². The average molecular weight is 728 g/mol. The first-order chi connectivity index (χ1) is 22.3. The summed E-state index contributed by atoms with van der Waals surface area (Å²) in [5.74, 6) is 0. The van der Waals surface area contributed by atoms with Crippen molar-refractivity contribution in [3.05, 3.63) is 0 Å². The van der Waals surface area contributed by atoms with E-state index in [9.17, 15) is 0 Å². The van der Waals surface area contributed by atoms with E-state index in [0.29, 0.717) is 5.41 Å². The van der Waals surface area contributed by atoms with Crippen LogP contribution in [0.4, 0.5) is 0 Å². The zero-order chi connectivity index (χ0) is 42.4. The van der Waals surface area contributed by atoms with Crippen LogP contribution in [-0.4, -0.2) is 46.4 Å². The summed E-state index contributed by atoms with van der Waals surface area (Å²) in [6.45, 7) is 64.9. The molecule has 3 heteroatoms. The van der Waals surface area contributed by atoms with Gasteiger partial charge in [-0.25, -0.2) is 0 Å². The monoisotopic (exact) mass is 728 g/mol. The molecule has 0 bridgehead atoms. The smallest absolute Gasteiger partial charge is 0.0638 e. The minimum absolute atomic E-state index is 0.0992. The lowest BCUT2D eigenvalue weighted by Gasteiger charge is -2.48. The molecule has 0 aliphatic rings. The first-order valence-electron chi connectivity index (χ1n) is 21.5. The summed E-state index contributed by atoms with van der Waals surface area (Å²) >= 11 is 0. The Kier molecular flexibility index (Phi) is 24.7. The van der Waals surface area contributed by atoms with Crippen molar-refractivity contribution in [1.82, 2.24) is 4.90 Å². The molecule has 0 aliphatic heterocycles. The van der Waals surface area contributed by atoms with Crippen LogP contribution in [0.1, 0.15) is 245 Å². The van der Waals surface area contributed by atoms with E-state index in [2.05, 4.69) is 164 Å². The lowest BCUT2D eigenvalue weighted by Crippen LogP contribution is -2.50. The van der Waals surface area contributed by atoms with Crippen LogP contribution in [0, 0.1) is 27.1 Å². The van der Waals surface area contributed by atoms with Gasteiger partial charge in [0.2, 0.25) is 0 Å². The second-order valence-electron chi connectivity index (χ2n) is 22.9. The lowest BCUT2D eigenvalue weighted by atomic mass is 9.71. The molecule has 0 aliphatic carbocycles. The van der Waals surface area contributed by atoms with Gasteiger partial charge in [-0.05, 0) is 148 Å². The van der Waals surface area contributed by atoms with Gasteiger partial charge < -0.3 is 14.4 Å². The van der Waals surface area contributed by atoms with E-state index >= 15 is 0 Å². The van der Waals surface area contributed by atoms with Gasteiger partial charge in [-0.15, -0.1) is 0 Å². The van der Waals surface area contributed by atoms with Crippen molar-refractivity contribution in [3.8, 4) is 0 Å². The Morgan fingerprint density at radius 3 is 1.06 bits per heavy atom. The van der Waals surface area contributed by atoms with E-state index in [1.807, 2.05) is 41.5 Å². The molecule has 0 unspecified atom stereocenters. The van der Waals surface area contributed by atoms with Gasteiger partial charge >= 0.3 is 0 Å². The van der Waals surface area contributed by atoms with Crippen LogP contribution >= 0.6 is 0 Å². The van der Waals surface area contributed by atoms with Gasteiger partial charge in [-0.3, -0.25) is 0 Å². The minimum Gasteiger partial charge on any atom is -0.370 e. The number of hydrogen-bond donors (Lipinski definition) is 0. The van der Waals surface area contributed by atoms with E-state index < -0.39 is 0 Å². The molecular weight excluding hydrogens is 623 g/mol. The van der Waals surface area contributed by atoms with Crippen LogP contribution < -0.4 is 0 Å². The van der Waals surface area contributed by atoms with Crippen LogP contribution in [0.3, 0.4) is 0 Å². The van der Waals surface area contributed by atoms with Gasteiger partial charge in [-0.1, -0.05) is 131 Å². The predicted octanol–water partition coefficient (Wildman–Crippen LogP) is 16.2. The van der Waals surface area contributed by atoms with Gasteiger partial charge in [0.25, 0.3) is 0 Å². The molecule has 0 aromatic carbocycles. The Labute approximate surface area is 327 Å². The summed E-state index contributed by atoms with van der Waals surface area (Å²) in [7, 11) is 2.33. The fraction of sp³-hybridized carbons (Fsp3) is 1.00. The summed E-state index contributed by atoms with van der Waals surface area (Å²) < 4.78 is 13.8. The fourth-order valence-corrected chi connectivity index (χ4v) is 9.68. The molecular formula is C48H105NO2. The van der Waals surface area contributed by atoms with E-state index in [0.717, 1.165) is 45.1 Å². The van der Waals surface area contributed by atoms with E-state index in [1.165, 1.54) is 12.8 Å². The second kappa shape index (κ2) is 21.8. The fourth-order valence-electron chi connectivity index (χ4n) is 9.68. The zero-order valence-corrected chi connectivity index (χ0v) is 41.6. The Morgan fingerprint density at radius 2 is 0.706 bits per heavy atom. The molecule has 0 rings (SSSR count). The van der Waals surface area contributed by atoms with Crippen molar-refractivity contribution in [2.45, 2.75) is 273 Å². The van der Waals surface area contributed by atoms with E-state index in [1.54, 1.807) is 0 Å². The highest BCUT2D eigenvalue weighted by Gasteiger charge is 2.42. The number of hydrogen-bond acceptors (Lipinski definition) is 3. The molecule has 0 saturated carbocycles. The molecule has 0 heterocycles. The third-order valence-corrected chi connectivity index (χ3v) is 9.80. The van der Waals surface area contributed by atoms with E-state index in [4.69, 9.17) is 9.47 Å². The molecule has 0 amide bonds. The van der Waals surface area contributed by atoms with Crippen molar-refractivity contribution in [2.75, 3.05) is 13.6 Å². The summed E-state index contributed by atoms with van der Waals surface area (Å²) in [5, 5.41) is 0. The third kappa shape index (κ3) is 28.9. The molecule has 0 N–H and O–H groups in total. The Morgan fingerprint density at radius 1 is 0.373 bits per heavy atom. The number of nitrogens with zero attached hydrogens (tertiary/aromatic N) is 1. The van der Waals surface area contributed by atoms with Gasteiger partial charge in [0.15, 0.2) is 0 Å². The number of ether oxygens (including phenoxy) is 2. The maximum atomic E-state index is 7.04. The standard InChI is InChI=1S/C42H87NO2.3C2H6/c1-24-34(5,6)29-40(17,18)44-39(15,16)26-25-35(7,8)30-41(19,20)45-42(21,22)31-36(9,10)28-38(13,14)43(23)32-37(11,12)27-33(2,3)4;3*1-2/h24-32H2,1-23H3;3*1-2H3. The van der Waals surface area contributed by atoms with Gasteiger partial charge in [0.1, 0.15) is 0 Å². The SMILES string of the molecule is CC.CC.CC.CCC(C)(C)CC(C)(C)OC(C)(C)CCC(C)(C)CC(C)(C)OC(C)(C)CC(C)(C)CC(C)(C)N(C)CC(C)(C)CC(C)(C)C. The van der Waals surface area contributed by atoms with Crippen molar-refractivity contribution < 1.29 is 9.47 Å². The molecule has 3 nitrogen and oxygen atoms in total. The summed E-state index contributed by atoms with van der Waals surface area (Å²) in [6.07, 6.45) is 8.77.